The van der Waals surface area contributed by atoms with E-state index in [0.717, 1.165) is 23.3 Å². The lowest BCUT2D eigenvalue weighted by Gasteiger charge is -2.04. The third-order valence-corrected chi connectivity index (χ3v) is 4.33. The number of ether oxygens (including phenoxy) is 1. The van der Waals surface area contributed by atoms with Crippen LogP contribution in [0.2, 0.25) is 0 Å². The highest BCUT2D eigenvalue weighted by molar-refractivity contribution is 8.76. The fourth-order valence-electron chi connectivity index (χ4n) is 1.34. The molecular weight excluding hydrogens is 284 g/mol. The second-order valence-electron chi connectivity index (χ2n) is 3.87. The zero-order chi connectivity index (χ0) is 13.9. The van der Waals surface area contributed by atoms with Crippen LogP contribution in [0.4, 0.5) is 0 Å². The second-order valence-corrected chi connectivity index (χ2v) is 6.19. The number of unbranched alkanes of at least 4 members (excludes halogenated alkanes) is 1. The molecule has 6 heteroatoms. The monoisotopic (exact) mass is 302 g/mol. The normalized spacial score (nSPS) is 10.6. The zero-order valence-electron chi connectivity index (χ0n) is 10.6. The summed E-state index contributed by atoms with van der Waals surface area (Å²) in [5, 5.41) is 17.2. The molecule has 0 spiro atoms. The molecule has 1 rings (SSSR count). The van der Waals surface area contributed by atoms with E-state index in [0.29, 0.717) is 12.5 Å². The molecule has 0 aromatic heterocycles. The summed E-state index contributed by atoms with van der Waals surface area (Å²) in [6, 6.07) is 7.50. The highest BCUT2D eigenvalue weighted by atomic mass is 33.1. The van der Waals surface area contributed by atoms with Gasteiger partial charge in [0, 0.05) is 18.1 Å². The van der Waals surface area contributed by atoms with Gasteiger partial charge < -0.3 is 14.9 Å². The van der Waals surface area contributed by atoms with Crippen molar-refractivity contribution in [2.24, 2.45) is 0 Å². The summed E-state index contributed by atoms with van der Waals surface area (Å²) in [6.45, 7) is 0.889. The minimum atomic E-state index is -0.814. The molecule has 1 aromatic rings. The van der Waals surface area contributed by atoms with Gasteiger partial charge in [-0.2, -0.15) is 0 Å². The van der Waals surface area contributed by atoms with Crippen molar-refractivity contribution in [1.29, 1.82) is 0 Å². The lowest BCUT2D eigenvalue weighted by atomic mass is 10.2. The van der Waals surface area contributed by atoms with Crippen molar-refractivity contribution in [3.63, 3.8) is 0 Å². The van der Waals surface area contributed by atoms with Crippen LogP contribution in [0, 0.1) is 0 Å². The molecule has 0 fully saturated rings. The van der Waals surface area contributed by atoms with Gasteiger partial charge in [0.15, 0.2) is 0 Å². The molecule has 4 nitrogen and oxygen atoms in total. The molecule has 0 saturated carbocycles. The summed E-state index contributed by atoms with van der Waals surface area (Å²) in [6.07, 6.45) is 1.72. The predicted octanol–water partition coefficient (Wildman–Crippen LogP) is 2.80. The van der Waals surface area contributed by atoms with Crippen LogP contribution in [0.5, 0.6) is 0 Å². The summed E-state index contributed by atoms with van der Waals surface area (Å²) >= 11 is 0. The van der Waals surface area contributed by atoms with Crippen LogP contribution >= 0.6 is 21.6 Å². The van der Waals surface area contributed by atoms with E-state index < -0.39 is 5.97 Å². The summed E-state index contributed by atoms with van der Waals surface area (Å²) in [7, 11) is 3.21. The number of carbonyl (C=O) groups is 1. The Morgan fingerprint density at radius 3 is 2.58 bits per heavy atom. The quantitative estimate of drug-likeness (QED) is 0.393. The van der Waals surface area contributed by atoms with E-state index >= 15 is 0 Å². The van der Waals surface area contributed by atoms with Gasteiger partial charge in [0.1, 0.15) is 5.94 Å². The highest BCUT2D eigenvalue weighted by Crippen LogP contribution is 2.31. The molecule has 0 aliphatic rings. The van der Waals surface area contributed by atoms with Crippen molar-refractivity contribution in [1.82, 2.24) is 0 Å². The highest BCUT2D eigenvalue weighted by Gasteiger charge is 2.01. The molecule has 0 aliphatic heterocycles. The molecule has 0 heterocycles. The topological polar surface area (TPSA) is 66.8 Å². The van der Waals surface area contributed by atoms with Gasteiger partial charge in [-0.3, -0.25) is 4.79 Å². The van der Waals surface area contributed by atoms with Gasteiger partial charge >= 0.3 is 5.97 Å². The third kappa shape index (κ3) is 8.15. The first kappa shape index (κ1) is 16.4. The summed E-state index contributed by atoms with van der Waals surface area (Å²) in [5.41, 5.74) is 0.808. The van der Waals surface area contributed by atoms with E-state index in [4.69, 9.17) is 14.9 Å². The van der Waals surface area contributed by atoms with E-state index in [9.17, 15) is 4.79 Å². The van der Waals surface area contributed by atoms with Crippen LogP contribution in [0.1, 0.15) is 18.4 Å². The van der Waals surface area contributed by atoms with Gasteiger partial charge in [-0.1, -0.05) is 33.7 Å². The van der Waals surface area contributed by atoms with Crippen LogP contribution < -0.4 is 0 Å². The Balaban J connectivity index is 2.14. The molecule has 0 saturated heterocycles. The first-order chi connectivity index (χ1) is 9.22. The molecule has 106 valence electrons. The SMILES string of the molecule is O=C(O)Cc1ccc(SSCOCCCCO)cc1. The Morgan fingerprint density at radius 1 is 1.21 bits per heavy atom. The molecule has 0 atom stereocenters. The molecule has 0 amide bonds. The van der Waals surface area contributed by atoms with Crippen LogP contribution in [-0.4, -0.2) is 35.3 Å². The van der Waals surface area contributed by atoms with Gasteiger partial charge in [-0.15, -0.1) is 0 Å². The van der Waals surface area contributed by atoms with E-state index in [1.807, 2.05) is 24.3 Å². The Hall–Kier alpha value is -0.690. The molecule has 0 aliphatic carbocycles. The summed E-state index contributed by atoms with van der Waals surface area (Å²) in [5.74, 6) is -0.210. The number of carboxylic acids is 1. The number of carboxylic acid groups (broad SMARTS) is 1. The van der Waals surface area contributed by atoms with E-state index in [1.165, 1.54) is 0 Å². The van der Waals surface area contributed by atoms with E-state index in [2.05, 4.69) is 0 Å². The van der Waals surface area contributed by atoms with Gasteiger partial charge in [-0.25, -0.2) is 0 Å². The number of hydrogen-bond acceptors (Lipinski definition) is 5. The van der Waals surface area contributed by atoms with Crippen LogP contribution in [-0.2, 0) is 16.0 Å². The Kier molecular flexibility index (Phi) is 8.73. The van der Waals surface area contributed by atoms with Crippen molar-refractivity contribution in [3.05, 3.63) is 29.8 Å². The summed E-state index contributed by atoms with van der Waals surface area (Å²) in [4.78, 5) is 11.6. The first-order valence-corrected chi connectivity index (χ1v) is 8.33. The van der Waals surface area contributed by atoms with Crippen molar-refractivity contribution in [2.75, 3.05) is 19.2 Å². The molecule has 1 aromatic carbocycles. The molecule has 0 radical (unpaired) electrons. The fraction of sp³-hybridized carbons (Fsp3) is 0.462. The third-order valence-electron chi connectivity index (χ3n) is 2.26. The Bertz CT molecular complexity index is 367. The lowest BCUT2D eigenvalue weighted by molar-refractivity contribution is -0.136. The Labute approximate surface area is 120 Å². The van der Waals surface area contributed by atoms with Gasteiger partial charge in [0.2, 0.25) is 0 Å². The minimum absolute atomic E-state index is 0.0616. The molecule has 19 heavy (non-hydrogen) atoms. The minimum Gasteiger partial charge on any atom is -0.481 e. The van der Waals surface area contributed by atoms with Gasteiger partial charge in [0.25, 0.3) is 0 Å². The average molecular weight is 302 g/mol. The van der Waals surface area contributed by atoms with Crippen LogP contribution in [0.15, 0.2) is 29.2 Å². The smallest absolute Gasteiger partial charge is 0.307 e. The lowest BCUT2D eigenvalue weighted by Crippen LogP contribution is -1.99. The van der Waals surface area contributed by atoms with Crippen molar-refractivity contribution in [3.8, 4) is 0 Å². The average Bonchev–Trinajstić information content (AvgIpc) is 2.39. The van der Waals surface area contributed by atoms with Crippen LogP contribution in [0.25, 0.3) is 0 Å². The number of aliphatic hydroxyl groups excluding tert-OH is 1. The molecular formula is C13H18O4S2. The largest absolute Gasteiger partial charge is 0.481 e. The van der Waals surface area contributed by atoms with Crippen LogP contribution in [0.3, 0.4) is 0 Å². The van der Waals surface area contributed by atoms with Crippen molar-refractivity contribution in [2.45, 2.75) is 24.2 Å². The molecule has 0 bridgehead atoms. The maximum Gasteiger partial charge on any atom is 0.307 e. The maximum absolute atomic E-state index is 10.5. The fourth-order valence-corrected chi connectivity index (χ4v) is 3.05. The number of hydrogen-bond donors (Lipinski definition) is 2. The second kappa shape index (κ2) is 10.1. The Morgan fingerprint density at radius 2 is 1.95 bits per heavy atom. The van der Waals surface area contributed by atoms with Gasteiger partial charge in [-0.05, 0) is 30.5 Å². The number of aliphatic hydroxyl groups is 1. The first-order valence-electron chi connectivity index (χ1n) is 6.01. The van der Waals surface area contributed by atoms with E-state index in [-0.39, 0.29) is 13.0 Å². The van der Waals surface area contributed by atoms with E-state index in [1.54, 1.807) is 21.6 Å². The maximum atomic E-state index is 10.5. The number of rotatable bonds is 10. The van der Waals surface area contributed by atoms with Crippen molar-refractivity contribution >= 4 is 27.6 Å². The summed E-state index contributed by atoms with van der Waals surface area (Å²) < 4.78 is 5.39. The number of aliphatic carboxylic acids is 1. The van der Waals surface area contributed by atoms with Gasteiger partial charge in [0.05, 0.1) is 6.42 Å². The standard InChI is InChI=1S/C13H18O4S2/c14-7-1-2-8-17-10-18-19-12-5-3-11(4-6-12)9-13(15)16/h3-6,14H,1-2,7-10H2,(H,15,16). The van der Waals surface area contributed by atoms with Crippen molar-refractivity contribution < 1.29 is 19.7 Å². The zero-order valence-corrected chi connectivity index (χ0v) is 12.2. The molecule has 0 unspecified atom stereocenters. The molecule has 2 N–H and O–H groups in total. The predicted molar refractivity (Wildman–Crippen MR) is 78.4 cm³/mol. The number of benzene rings is 1.